The Morgan fingerprint density at radius 1 is 0.659 bits per heavy atom. The first-order valence-corrected chi connectivity index (χ1v) is 13.6. The van der Waals surface area contributed by atoms with Gasteiger partial charge < -0.3 is 19.7 Å². The molecule has 0 bridgehead atoms. The second-order valence-electron chi connectivity index (χ2n) is 8.65. The number of phenolic OH excluding ortho intramolecular Hbond substituents is 2. The number of sulfone groups is 1. The van der Waals surface area contributed by atoms with Crippen LogP contribution in [0.2, 0.25) is 0 Å². The van der Waals surface area contributed by atoms with Crippen LogP contribution in [0.1, 0.15) is 25.0 Å². The molecule has 0 amide bonds. The van der Waals surface area contributed by atoms with Crippen molar-refractivity contribution in [3.05, 3.63) is 96.1 Å². The normalized spacial score (nSPS) is 11.6. The van der Waals surface area contributed by atoms with Crippen LogP contribution < -0.4 is 9.47 Å². The highest BCUT2D eigenvalue weighted by molar-refractivity contribution is 7.91. The standard InChI is InChI=1S/C30H24N2O8S/c1-19(33)39-23-7-3-5-21(13-23)17-31-27-15-25(9-11-29(27)35)41(37,38)26-10-12-30(36)28(16-26)32-18-22-6-4-8-24(14-22)40-20(2)34/h3-18,35-36H,1-2H3. The number of carbonyl (C=O) groups excluding carboxylic acids is 2. The van der Waals surface area contributed by atoms with Crippen molar-refractivity contribution in [2.24, 2.45) is 9.98 Å². The number of aliphatic imine (C=N–C) groups is 2. The molecule has 4 aromatic rings. The number of rotatable bonds is 8. The van der Waals surface area contributed by atoms with Crippen molar-refractivity contribution in [1.29, 1.82) is 0 Å². The SMILES string of the molecule is CC(=O)Oc1cccc(C=Nc2cc(S(=O)(=O)c3ccc(O)c(N=Cc4cccc(OC(C)=O)c4)c3)ccc2O)c1. The minimum Gasteiger partial charge on any atom is -0.506 e. The molecule has 2 N–H and O–H groups in total. The Morgan fingerprint density at radius 3 is 1.46 bits per heavy atom. The van der Waals surface area contributed by atoms with Crippen molar-refractivity contribution in [2.45, 2.75) is 23.6 Å². The Labute approximate surface area is 235 Å². The van der Waals surface area contributed by atoms with Crippen molar-refractivity contribution < 1.29 is 37.7 Å². The number of hydrogen-bond acceptors (Lipinski definition) is 10. The third-order valence-electron chi connectivity index (χ3n) is 5.46. The molecule has 0 unspecified atom stereocenters. The van der Waals surface area contributed by atoms with Crippen molar-refractivity contribution >= 4 is 45.6 Å². The highest BCUT2D eigenvalue weighted by atomic mass is 32.2. The smallest absolute Gasteiger partial charge is 0.308 e. The lowest BCUT2D eigenvalue weighted by molar-refractivity contribution is -0.132. The molecule has 0 aromatic heterocycles. The lowest BCUT2D eigenvalue weighted by Crippen LogP contribution is -2.02. The van der Waals surface area contributed by atoms with Gasteiger partial charge in [-0.2, -0.15) is 0 Å². The fourth-order valence-electron chi connectivity index (χ4n) is 3.62. The zero-order valence-corrected chi connectivity index (χ0v) is 22.7. The van der Waals surface area contributed by atoms with Gasteiger partial charge in [0.05, 0.1) is 9.79 Å². The maximum absolute atomic E-state index is 13.4. The lowest BCUT2D eigenvalue weighted by atomic mass is 10.2. The van der Waals surface area contributed by atoms with Crippen molar-refractivity contribution in [1.82, 2.24) is 0 Å². The van der Waals surface area contributed by atoms with Gasteiger partial charge in [-0.05, 0) is 71.8 Å². The van der Waals surface area contributed by atoms with Gasteiger partial charge in [-0.3, -0.25) is 19.6 Å². The predicted molar refractivity (Wildman–Crippen MR) is 152 cm³/mol. The van der Waals surface area contributed by atoms with Crippen LogP contribution >= 0.6 is 0 Å². The van der Waals surface area contributed by atoms with Crippen LogP contribution in [0.15, 0.2) is 105 Å². The van der Waals surface area contributed by atoms with E-state index in [0.717, 1.165) is 0 Å². The van der Waals surface area contributed by atoms with Gasteiger partial charge in [0.1, 0.15) is 34.4 Å². The van der Waals surface area contributed by atoms with Crippen LogP contribution in [-0.2, 0) is 19.4 Å². The van der Waals surface area contributed by atoms with Gasteiger partial charge in [0.25, 0.3) is 0 Å². The van der Waals surface area contributed by atoms with E-state index in [4.69, 9.17) is 9.47 Å². The van der Waals surface area contributed by atoms with Gasteiger partial charge in [-0.15, -0.1) is 0 Å². The summed E-state index contributed by atoms with van der Waals surface area (Å²) in [4.78, 5) is 30.5. The van der Waals surface area contributed by atoms with E-state index >= 15 is 0 Å². The van der Waals surface area contributed by atoms with Gasteiger partial charge in [-0.25, -0.2) is 8.42 Å². The summed E-state index contributed by atoms with van der Waals surface area (Å²) in [5.74, 6) is -0.834. The fraction of sp³-hybridized carbons (Fsp3) is 0.0667. The van der Waals surface area contributed by atoms with Crippen LogP contribution in [0.25, 0.3) is 0 Å². The number of benzene rings is 4. The second kappa shape index (κ2) is 12.3. The molecule has 0 aliphatic rings. The average Bonchev–Trinajstić information content (AvgIpc) is 2.91. The summed E-state index contributed by atoms with van der Waals surface area (Å²) in [6.07, 6.45) is 2.78. The highest BCUT2D eigenvalue weighted by Gasteiger charge is 2.20. The second-order valence-corrected chi connectivity index (χ2v) is 10.6. The summed E-state index contributed by atoms with van der Waals surface area (Å²) in [6, 6.07) is 20.3. The number of hydrogen-bond donors (Lipinski definition) is 2. The van der Waals surface area contributed by atoms with Crippen LogP contribution in [0.5, 0.6) is 23.0 Å². The first-order chi connectivity index (χ1) is 19.5. The molecule has 4 aromatic carbocycles. The topological polar surface area (TPSA) is 152 Å². The molecular formula is C30H24N2O8S. The largest absolute Gasteiger partial charge is 0.506 e. The summed E-state index contributed by atoms with van der Waals surface area (Å²) in [7, 11) is -4.11. The van der Waals surface area contributed by atoms with E-state index in [-0.39, 0.29) is 32.7 Å². The molecule has 0 atom stereocenters. The number of ether oxygens (including phenoxy) is 2. The van der Waals surface area contributed by atoms with Gasteiger partial charge >= 0.3 is 11.9 Å². The summed E-state index contributed by atoms with van der Waals surface area (Å²) in [5, 5.41) is 20.6. The van der Waals surface area contributed by atoms with E-state index < -0.39 is 21.8 Å². The van der Waals surface area contributed by atoms with Crippen LogP contribution in [0.3, 0.4) is 0 Å². The molecule has 10 nitrogen and oxygen atoms in total. The molecule has 4 rings (SSSR count). The molecule has 0 saturated carbocycles. The van der Waals surface area contributed by atoms with Crippen LogP contribution in [0.4, 0.5) is 11.4 Å². The summed E-state index contributed by atoms with van der Waals surface area (Å²) in [5.41, 5.74) is 1.09. The van der Waals surface area contributed by atoms with Gasteiger partial charge in [0.2, 0.25) is 9.84 Å². The van der Waals surface area contributed by atoms with E-state index in [1.807, 2.05) is 0 Å². The van der Waals surface area contributed by atoms with Crippen molar-refractivity contribution in [3.8, 4) is 23.0 Å². The maximum atomic E-state index is 13.4. The summed E-state index contributed by atoms with van der Waals surface area (Å²) >= 11 is 0. The van der Waals surface area contributed by atoms with Crippen molar-refractivity contribution in [2.75, 3.05) is 0 Å². The lowest BCUT2D eigenvalue weighted by Gasteiger charge is -2.08. The van der Waals surface area contributed by atoms with E-state index in [2.05, 4.69) is 9.98 Å². The number of esters is 2. The van der Waals surface area contributed by atoms with E-state index in [1.165, 1.54) is 62.7 Å². The molecule has 0 saturated heterocycles. The molecule has 0 spiro atoms. The minimum atomic E-state index is -4.11. The molecule has 0 heterocycles. The maximum Gasteiger partial charge on any atom is 0.308 e. The quantitative estimate of drug-likeness (QED) is 0.164. The van der Waals surface area contributed by atoms with Gasteiger partial charge in [0.15, 0.2) is 0 Å². The first-order valence-electron chi connectivity index (χ1n) is 12.1. The Balaban J connectivity index is 1.61. The third kappa shape index (κ3) is 7.43. The van der Waals surface area contributed by atoms with Crippen LogP contribution in [-0.4, -0.2) is 43.0 Å². The zero-order valence-electron chi connectivity index (χ0n) is 21.9. The predicted octanol–water partition coefficient (Wildman–Crippen LogP) is 5.28. The van der Waals surface area contributed by atoms with Crippen LogP contribution in [0, 0.1) is 0 Å². The summed E-state index contributed by atoms with van der Waals surface area (Å²) < 4.78 is 37.0. The summed E-state index contributed by atoms with van der Waals surface area (Å²) in [6.45, 7) is 2.56. The fourth-order valence-corrected chi connectivity index (χ4v) is 4.92. The Bertz CT molecular complexity index is 1670. The number of phenols is 2. The Morgan fingerprint density at radius 2 is 1.07 bits per heavy atom. The number of aromatic hydroxyl groups is 2. The molecule has 0 aliphatic carbocycles. The van der Waals surface area contributed by atoms with E-state index in [0.29, 0.717) is 22.6 Å². The average molecular weight is 573 g/mol. The monoisotopic (exact) mass is 572 g/mol. The minimum absolute atomic E-state index is 0.00588. The highest BCUT2D eigenvalue weighted by Crippen LogP contribution is 2.35. The molecule has 0 radical (unpaired) electrons. The van der Waals surface area contributed by atoms with E-state index in [1.54, 1.807) is 48.5 Å². The Kier molecular flexibility index (Phi) is 8.59. The number of nitrogens with zero attached hydrogens (tertiary/aromatic N) is 2. The molecular weight excluding hydrogens is 548 g/mol. The Hall–Kier alpha value is -5.29. The van der Waals surface area contributed by atoms with E-state index in [9.17, 15) is 28.2 Å². The molecule has 11 heteroatoms. The molecule has 41 heavy (non-hydrogen) atoms. The number of carbonyl (C=O) groups is 2. The van der Waals surface area contributed by atoms with Gasteiger partial charge in [0, 0.05) is 26.3 Å². The van der Waals surface area contributed by atoms with Gasteiger partial charge in [-0.1, -0.05) is 24.3 Å². The third-order valence-corrected chi connectivity index (χ3v) is 7.21. The molecule has 0 fully saturated rings. The molecule has 0 aliphatic heterocycles. The zero-order chi connectivity index (χ0) is 29.6. The first kappa shape index (κ1) is 28.7. The van der Waals surface area contributed by atoms with Crippen molar-refractivity contribution in [3.63, 3.8) is 0 Å². The molecule has 208 valence electrons.